The predicted molar refractivity (Wildman–Crippen MR) is 185 cm³/mol. The maximum atomic E-state index is 11.5. The van der Waals surface area contributed by atoms with Crippen LogP contribution in [0.4, 0.5) is 0 Å². The van der Waals surface area contributed by atoms with Crippen molar-refractivity contribution in [2.45, 2.75) is 79.8 Å². The van der Waals surface area contributed by atoms with Crippen LogP contribution in [-0.2, 0) is 19.1 Å². The average Bonchev–Trinajstić information content (AvgIpc) is 3.76. The normalized spacial score (nSPS) is 10.3. The van der Waals surface area contributed by atoms with Crippen molar-refractivity contribution in [2.75, 3.05) is 0 Å². The fraction of sp³-hybridized carbons (Fsp3) is 0.333. The second kappa shape index (κ2) is 20.0. The minimum atomic E-state index is -0.597. The Hall–Kier alpha value is -6.46. The number of aromatic amines is 1. The Balaban J connectivity index is 0.000000298. The quantitative estimate of drug-likeness (QED) is 0.0928. The van der Waals surface area contributed by atoms with Crippen LogP contribution in [0.25, 0.3) is 29.0 Å². The van der Waals surface area contributed by atoms with Gasteiger partial charge in [0.05, 0.1) is 47.7 Å². The topological polar surface area (TPSA) is 191 Å². The Morgan fingerprint density at radius 2 is 1.36 bits per heavy atom. The van der Waals surface area contributed by atoms with Gasteiger partial charge in [0.1, 0.15) is 24.2 Å². The molecule has 0 radical (unpaired) electrons. The molecule has 0 aliphatic carbocycles. The van der Waals surface area contributed by atoms with Gasteiger partial charge in [0.2, 0.25) is 0 Å². The third-order valence-corrected chi connectivity index (χ3v) is 5.45. The first-order chi connectivity index (χ1) is 23.7. The number of H-pyrrole nitrogens is 1. The van der Waals surface area contributed by atoms with Gasteiger partial charge in [-0.05, 0) is 91.8 Å². The summed E-state index contributed by atoms with van der Waals surface area (Å²) in [7, 11) is 0. The van der Waals surface area contributed by atoms with E-state index >= 15 is 0 Å². The van der Waals surface area contributed by atoms with Gasteiger partial charge in [-0.1, -0.05) is 0 Å². The van der Waals surface area contributed by atoms with Crippen LogP contribution in [-0.4, -0.2) is 66.3 Å². The highest BCUT2D eigenvalue weighted by Gasteiger charge is 2.10. The SMILES string of the molecule is C#CC(=O)OC(C)C.CC(C)OC(=O)/C=C\n1cnc(-c2cc(C#N)cc(OC(C)C)c2)n1.CC(C)Oc1cc(C#N)cc(-c2ncn[nH]2)c1. The summed E-state index contributed by atoms with van der Waals surface area (Å²) in [6.45, 7) is 14.7. The van der Waals surface area contributed by atoms with Crippen molar-refractivity contribution in [1.29, 1.82) is 10.5 Å². The van der Waals surface area contributed by atoms with Gasteiger partial charge in [0.25, 0.3) is 0 Å². The summed E-state index contributed by atoms with van der Waals surface area (Å²) in [6, 6.07) is 14.6. The highest BCUT2D eigenvalue weighted by atomic mass is 16.5. The van der Waals surface area contributed by atoms with E-state index in [0.29, 0.717) is 39.8 Å². The summed E-state index contributed by atoms with van der Waals surface area (Å²) >= 11 is 0. The standard InChI is InChI=1S/C18H20N4O3.C12H12N4O.C6H8O2/c1-12(2)24-16-8-14(10-19)7-15(9-16)18-20-11-22(21-18)6-5-17(23)25-13(3)4;1-8(2)17-11-4-9(6-13)3-10(5-11)12-14-7-15-16-12;1-4-6(7)8-5(2)3/h5-9,11-13H,1-4H3;3-5,7-8H,1-2H3,(H,14,15,16);1,5H,2-3H3/b6-5-;;. The minimum Gasteiger partial charge on any atom is -0.491 e. The molecule has 0 bridgehead atoms. The molecule has 4 rings (SSSR count). The number of aromatic nitrogens is 6. The number of nitriles is 2. The fourth-order valence-electron chi connectivity index (χ4n) is 3.75. The Bertz CT molecular complexity index is 1860. The molecule has 4 aromatic rings. The van der Waals surface area contributed by atoms with E-state index < -0.39 is 11.9 Å². The highest BCUT2D eigenvalue weighted by molar-refractivity contribution is 5.87. The van der Waals surface area contributed by atoms with E-state index in [-0.39, 0.29) is 24.4 Å². The van der Waals surface area contributed by atoms with Crippen LogP contribution in [0.3, 0.4) is 0 Å². The van der Waals surface area contributed by atoms with E-state index in [1.54, 1.807) is 58.0 Å². The summed E-state index contributed by atoms with van der Waals surface area (Å²) in [6.07, 6.45) is 10.1. The number of ether oxygens (including phenoxy) is 4. The molecule has 0 aliphatic heterocycles. The molecule has 2 aromatic heterocycles. The van der Waals surface area contributed by atoms with Crippen molar-refractivity contribution < 1.29 is 28.5 Å². The molecule has 0 amide bonds. The average molecular weight is 681 g/mol. The van der Waals surface area contributed by atoms with Crippen LogP contribution >= 0.6 is 0 Å². The summed E-state index contributed by atoms with van der Waals surface area (Å²) in [5.74, 6) is 3.07. The van der Waals surface area contributed by atoms with Crippen molar-refractivity contribution in [1.82, 2.24) is 29.9 Å². The molecule has 2 heterocycles. The second-order valence-corrected chi connectivity index (χ2v) is 11.3. The van der Waals surface area contributed by atoms with Crippen molar-refractivity contribution in [2.24, 2.45) is 0 Å². The Kier molecular flexibility index (Phi) is 15.9. The van der Waals surface area contributed by atoms with Gasteiger partial charge in [-0.15, -0.1) is 11.5 Å². The maximum absolute atomic E-state index is 11.5. The maximum Gasteiger partial charge on any atom is 0.384 e. The zero-order valence-electron chi connectivity index (χ0n) is 29.2. The Labute approximate surface area is 291 Å². The number of hydrogen-bond donors (Lipinski definition) is 1. The molecule has 0 aliphatic rings. The number of terminal acetylenes is 1. The van der Waals surface area contributed by atoms with Crippen LogP contribution in [0.1, 0.15) is 66.5 Å². The Morgan fingerprint density at radius 1 is 0.800 bits per heavy atom. The lowest BCUT2D eigenvalue weighted by Gasteiger charge is -2.10. The number of esters is 2. The number of nitrogens with zero attached hydrogens (tertiary/aromatic N) is 7. The van der Waals surface area contributed by atoms with Gasteiger partial charge in [-0.2, -0.15) is 15.6 Å². The molecule has 14 heteroatoms. The van der Waals surface area contributed by atoms with Crippen molar-refractivity contribution >= 4 is 18.1 Å². The number of carbonyl (C=O) groups is 2. The van der Waals surface area contributed by atoms with Crippen molar-refractivity contribution in [3.8, 4) is 58.8 Å². The minimum absolute atomic E-state index is 0.0118. The lowest BCUT2D eigenvalue weighted by molar-refractivity contribution is -0.141. The molecule has 0 unspecified atom stereocenters. The van der Waals surface area contributed by atoms with Gasteiger partial charge in [-0.3, -0.25) is 5.10 Å². The molecule has 1 N–H and O–H groups in total. The van der Waals surface area contributed by atoms with E-state index in [4.69, 9.17) is 25.9 Å². The third-order valence-electron chi connectivity index (χ3n) is 5.45. The smallest absolute Gasteiger partial charge is 0.384 e. The highest BCUT2D eigenvalue weighted by Crippen LogP contribution is 2.25. The van der Waals surface area contributed by atoms with Gasteiger partial charge in [0.15, 0.2) is 11.6 Å². The summed E-state index contributed by atoms with van der Waals surface area (Å²) in [5.41, 5.74) is 2.44. The largest absolute Gasteiger partial charge is 0.491 e. The molecular formula is C36H40N8O6. The van der Waals surface area contributed by atoms with E-state index in [0.717, 1.165) is 5.56 Å². The van der Waals surface area contributed by atoms with Crippen LogP contribution in [0.2, 0.25) is 0 Å². The molecule has 0 saturated carbocycles. The molecular weight excluding hydrogens is 640 g/mol. The number of hydrogen-bond acceptors (Lipinski definition) is 12. The number of nitrogens with one attached hydrogen (secondary N) is 1. The molecule has 14 nitrogen and oxygen atoms in total. The van der Waals surface area contributed by atoms with E-state index in [9.17, 15) is 14.9 Å². The zero-order valence-corrected chi connectivity index (χ0v) is 29.2. The van der Waals surface area contributed by atoms with Crippen LogP contribution in [0, 0.1) is 35.0 Å². The van der Waals surface area contributed by atoms with Crippen LogP contribution < -0.4 is 9.47 Å². The molecule has 0 fully saturated rings. The van der Waals surface area contributed by atoms with E-state index in [1.165, 1.54) is 29.6 Å². The molecule has 50 heavy (non-hydrogen) atoms. The van der Waals surface area contributed by atoms with Gasteiger partial charge >= 0.3 is 11.9 Å². The second-order valence-electron chi connectivity index (χ2n) is 11.3. The van der Waals surface area contributed by atoms with Crippen molar-refractivity contribution in [3.63, 3.8) is 0 Å². The molecule has 0 saturated heterocycles. The fourth-order valence-corrected chi connectivity index (χ4v) is 3.75. The monoisotopic (exact) mass is 680 g/mol. The Morgan fingerprint density at radius 3 is 1.82 bits per heavy atom. The lowest BCUT2D eigenvalue weighted by Crippen LogP contribution is -2.08. The van der Waals surface area contributed by atoms with E-state index in [2.05, 4.69) is 42.1 Å². The molecule has 2 aromatic carbocycles. The number of rotatable bonds is 10. The van der Waals surface area contributed by atoms with Crippen LogP contribution in [0.15, 0.2) is 55.1 Å². The van der Waals surface area contributed by atoms with Gasteiger partial charge in [-0.25, -0.2) is 24.2 Å². The first-order valence-corrected chi connectivity index (χ1v) is 15.5. The molecule has 0 spiro atoms. The third kappa shape index (κ3) is 14.5. The van der Waals surface area contributed by atoms with Gasteiger partial charge < -0.3 is 18.9 Å². The zero-order chi connectivity index (χ0) is 37.2. The summed E-state index contributed by atoms with van der Waals surface area (Å²) in [5, 5.41) is 29.0. The first-order valence-electron chi connectivity index (χ1n) is 15.5. The molecule has 0 atom stereocenters. The number of carbonyl (C=O) groups excluding carboxylic acids is 2. The number of benzene rings is 2. The summed E-state index contributed by atoms with van der Waals surface area (Å²) in [4.78, 5) is 29.9. The van der Waals surface area contributed by atoms with Crippen molar-refractivity contribution in [3.05, 3.63) is 66.3 Å². The van der Waals surface area contributed by atoms with Crippen LogP contribution in [0.5, 0.6) is 11.5 Å². The molecule has 260 valence electrons. The predicted octanol–water partition coefficient (Wildman–Crippen LogP) is 5.73. The van der Waals surface area contributed by atoms with E-state index in [1.807, 2.05) is 39.7 Å². The van der Waals surface area contributed by atoms with Gasteiger partial charge in [0, 0.05) is 29.3 Å². The summed E-state index contributed by atoms with van der Waals surface area (Å²) < 4.78 is 22.2. The first kappa shape index (κ1) is 39.7. The lowest BCUT2D eigenvalue weighted by atomic mass is 10.1.